The number of thiocarbonyl (C=S) groups is 1. The number of rotatable bonds is 10. The van der Waals surface area contributed by atoms with Crippen LogP contribution in [-0.4, -0.2) is 29.5 Å². The maximum atomic E-state index is 12.5. The molecular weight excluding hydrogens is 462 g/mol. The van der Waals surface area contributed by atoms with Crippen molar-refractivity contribution in [3.63, 3.8) is 0 Å². The average Bonchev–Trinajstić information content (AvgIpc) is 2.87. The molecule has 3 rings (SSSR count). The van der Waals surface area contributed by atoms with Gasteiger partial charge in [0.05, 0.1) is 13.0 Å². The minimum absolute atomic E-state index is 0.0414. The lowest BCUT2D eigenvalue weighted by Crippen LogP contribution is -2.34. The molecule has 0 heterocycles. The van der Waals surface area contributed by atoms with Gasteiger partial charge in [-0.3, -0.25) is 14.4 Å². The quantitative estimate of drug-likeness (QED) is 0.294. The SMILES string of the molecule is O=C(CCC(=O)OCCc1ccccc1)NC(=S)Nc1cccc(C(=O)NCc2ccccc2)c1. The summed E-state index contributed by atoms with van der Waals surface area (Å²) in [7, 11) is 0. The molecule has 3 aromatic carbocycles. The summed E-state index contributed by atoms with van der Waals surface area (Å²) < 4.78 is 5.18. The number of benzene rings is 3. The summed E-state index contributed by atoms with van der Waals surface area (Å²) >= 11 is 5.18. The first-order valence-corrected chi connectivity index (χ1v) is 11.6. The van der Waals surface area contributed by atoms with E-state index < -0.39 is 11.9 Å². The lowest BCUT2D eigenvalue weighted by atomic mass is 10.1. The highest BCUT2D eigenvalue weighted by atomic mass is 32.1. The highest BCUT2D eigenvalue weighted by Gasteiger charge is 2.11. The fourth-order valence-corrected chi connectivity index (χ4v) is 3.42. The fourth-order valence-electron chi connectivity index (χ4n) is 3.19. The van der Waals surface area contributed by atoms with Gasteiger partial charge in [0.2, 0.25) is 5.91 Å². The molecule has 7 nitrogen and oxygen atoms in total. The van der Waals surface area contributed by atoms with Crippen molar-refractivity contribution in [2.45, 2.75) is 25.8 Å². The average molecular weight is 490 g/mol. The Morgan fingerprint density at radius 1 is 0.800 bits per heavy atom. The van der Waals surface area contributed by atoms with Crippen molar-refractivity contribution in [2.75, 3.05) is 11.9 Å². The second-order valence-electron chi connectivity index (χ2n) is 7.71. The number of esters is 1. The van der Waals surface area contributed by atoms with Crippen LogP contribution in [0.2, 0.25) is 0 Å². The van der Waals surface area contributed by atoms with Gasteiger partial charge in [-0.2, -0.15) is 0 Å². The zero-order chi connectivity index (χ0) is 24.9. The van der Waals surface area contributed by atoms with Crippen LogP contribution in [0.4, 0.5) is 5.69 Å². The molecule has 0 aliphatic rings. The minimum atomic E-state index is -0.441. The topological polar surface area (TPSA) is 96.5 Å². The van der Waals surface area contributed by atoms with Crippen LogP contribution in [0.5, 0.6) is 0 Å². The van der Waals surface area contributed by atoms with Gasteiger partial charge in [0.15, 0.2) is 5.11 Å². The lowest BCUT2D eigenvalue weighted by Gasteiger charge is -2.11. The molecule has 0 unspecified atom stereocenters. The normalized spacial score (nSPS) is 10.2. The van der Waals surface area contributed by atoms with E-state index in [0.29, 0.717) is 24.2 Å². The van der Waals surface area contributed by atoms with Gasteiger partial charge >= 0.3 is 5.97 Å². The number of hydrogen-bond acceptors (Lipinski definition) is 5. The Hall–Kier alpha value is -4.04. The van der Waals surface area contributed by atoms with E-state index in [1.54, 1.807) is 24.3 Å². The zero-order valence-corrected chi connectivity index (χ0v) is 20.0. The molecule has 0 aliphatic carbocycles. The summed E-state index contributed by atoms with van der Waals surface area (Å²) in [6.07, 6.45) is 0.532. The largest absolute Gasteiger partial charge is 0.465 e. The van der Waals surface area contributed by atoms with E-state index in [1.807, 2.05) is 60.7 Å². The van der Waals surface area contributed by atoms with Gasteiger partial charge in [-0.05, 0) is 41.5 Å². The smallest absolute Gasteiger partial charge is 0.306 e. The summed E-state index contributed by atoms with van der Waals surface area (Å²) in [6.45, 7) is 0.681. The number of anilines is 1. The maximum absolute atomic E-state index is 12.5. The molecule has 0 radical (unpaired) electrons. The van der Waals surface area contributed by atoms with Crippen molar-refractivity contribution in [3.8, 4) is 0 Å². The van der Waals surface area contributed by atoms with Gasteiger partial charge in [-0.1, -0.05) is 66.7 Å². The van der Waals surface area contributed by atoms with E-state index in [-0.39, 0.29) is 30.5 Å². The number of hydrogen-bond donors (Lipinski definition) is 3. The number of carbonyl (C=O) groups is 3. The van der Waals surface area contributed by atoms with Crippen LogP contribution in [0.15, 0.2) is 84.9 Å². The molecule has 0 bridgehead atoms. The Bertz CT molecular complexity index is 1150. The maximum Gasteiger partial charge on any atom is 0.306 e. The predicted octanol–water partition coefficient (Wildman–Crippen LogP) is 4.00. The molecule has 0 saturated carbocycles. The molecule has 35 heavy (non-hydrogen) atoms. The Kier molecular flexibility index (Phi) is 9.95. The first kappa shape index (κ1) is 25.6. The third-order valence-corrected chi connectivity index (χ3v) is 5.19. The molecule has 180 valence electrons. The second-order valence-corrected chi connectivity index (χ2v) is 8.12. The zero-order valence-electron chi connectivity index (χ0n) is 19.2. The molecule has 0 aliphatic heterocycles. The predicted molar refractivity (Wildman–Crippen MR) is 139 cm³/mol. The highest BCUT2D eigenvalue weighted by Crippen LogP contribution is 2.11. The number of nitrogens with one attached hydrogen (secondary N) is 3. The van der Waals surface area contributed by atoms with E-state index in [0.717, 1.165) is 11.1 Å². The van der Waals surface area contributed by atoms with Crippen LogP contribution in [0, 0.1) is 0 Å². The molecular formula is C27H27N3O4S. The molecule has 0 saturated heterocycles. The van der Waals surface area contributed by atoms with Gasteiger partial charge in [0.1, 0.15) is 0 Å². The Balaban J connectivity index is 1.37. The number of ether oxygens (including phenoxy) is 1. The highest BCUT2D eigenvalue weighted by molar-refractivity contribution is 7.80. The van der Waals surface area contributed by atoms with Crippen molar-refractivity contribution in [3.05, 3.63) is 102 Å². The summed E-state index contributed by atoms with van der Waals surface area (Å²) in [5.41, 5.74) is 3.09. The molecule has 2 amide bonds. The lowest BCUT2D eigenvalue weighted by molar-refractivity contribution is -0.144. The molecule has 8 heteroatoms. The van der Waals surface area contributed by atoms with Gasteiger partial charge in [0, 0.05) is 30.6 Å². The van der Waals surface area contributed by atoms with E-state index >= 15 is 0 Å². The molecule has 0 aromatic heterocycles. The van der Waals surface area contributed by atoms with Gasteiger partial charge in [-0.15, -0.1) is 0 Å². The summed E-state index contributed by atoms with van der Waals surface area (Å²) in [6, 6.07) is 26.1. The molecule has 0 spiro atoms. The van der Waals surface area contributed by atoms with Crippen molar-refractivity contribution < 1.29 is 19.1 Å². The minimum Gasteiger partial charge on any atom is -0.465 e. The van der Waals surface area contributed by atoms with Crippen molar-refractivity contribution in [1.82, 2.24) is 10.6 Å². The molecule has 0 fully saturated rings. The van der Waals surface area contributed by atoms with Gasteiger partial charge in [-0.25, -0.2) is 0 Å². The van der Waals surface area contributed by atoms with Crippen LogP contribution in [0.1, 0.15) is 34.3 Å². The van der Waals surface area contributed by atoms with E-state index in [4.69, 9.17) is 17.0 Å². The first-order valence-electron chi connectivity index (χ1n) is 11.2. The second kappa shape index (κ2) is 13.6. The van der Waals surface area contributed by atoms with Crippen LogP contribution < -0.4 is 16.0 Å². The van der Waals surface area contributed by atoms with Crippen molar-refractivity contribution in [2.24, 2.45) is 0 Å². The van der Waals surface area contributed by atoms with Crippen LogP contribution in [-0.2, 0) is 27.3 Å². The van der Waals surface area contributed by atoms with Crippen LogP contribution in [0.3, 0.4) is 0 Å². The third kappa shape index (κ3) is 9.38. The first-order chi connectivity index (χ1) is 17.0. The summed E-state index contributed by atoms with van der Waals surface area (Å²) in [5, 5.41) is 8.36. The summed E-state index contributed by atoms with van der Waals surface area (Å²) in [5.74, 6) is -1.07. The molecule has 0 atom stereocenters. The van der Waals surface area contributed by atoms with E-state index in [2.05, 4.69) is 16.0 Å². The summed E-state index contributed by atoms with van der Waals surface area (Å²) in [4.78, 5) is 36.5. The Labute approximate surface area is 209 Å². The van der Waals surface area contributed by atoms with Crippen LogP contribution >= 0.6 is 12.2 Å². The van der Waals surface area contributed by atoms with Crippen molar-refractivity contribution >= 4 is 40.8 Å². The van der Waals surface area contributed by atoms with Gasteiger partial charge < -0.3 is 20.7 Å². The Morgan fingerprint density at radius 3 is 2.20 bits per heavy atom. The Morgan fingerprint density at radius 2 is 1.49 bits per heavy atom. The standard InChI is InChI=1S/C27H27N3O4S/c31-24(14-15-25(32)34-17-16-20-8-3-1-4-9-20)30-27(35)29-23-13-7-12-22(18-23)26(33)28-19-21-10-5-2-6-11-21/h1-13,18H,14-17,19H2,(H,28,33)(H2,29,30,31,35). The van der Waals surface area contributed by atoms with Crippen LogP contribution in [0.25, 0.3) is 0 Å². The van der Waals surface area contributed by atoms with E-state index in [1.165, 1.54) is 0 Å². The monoisotopic (exact) mass is 489 g/mol. The number of amides is 2. The number of carbonyl (C=O) groups excluding carboxylic acids is 3. The third-order valence-electron chi connectivity index (χ3n) is 4.98. The van der Waals surface area contributed by atoms with Crippen molar-refractivity contribution in [1.29, 1.82) is 0 Å². The van der Waals surface area contributed by atoms with E-state index in [9.17, 15) is 14.4 Å². The van der Waals surface area contributed by atoms with Gasteiger partial charge in [0.25, 0.3) is 5.91 Å². The fraction of sp³-hybridized carbons (Fsp3) is 0.185. The molecule has 3 N–H and O–H groups in total. The molecule has 3 aromatic rings.